The molecule has 0 amide bonds. The van der Waals surface area contributed by atoms with Crippen LogP contribution in [0.3, 0.4) is 0 Å². The summed E-state index contributed by atoms with van der Waals surface area (Å²) in [6.07, 6.45) is -0.0734. The van der Waals surface area contributed by atoms with Crippen molar-refractivity contribution < 1.29 is 9.53 Å². The van der Waals surface area contributed by atoms with E-state index in [2.05, 4.69) is 24.3 Å². The van der Waals surface area contributed by atoms with Gasteiger partial charge in [-0.25, -0.2) is 0 Å². The first-order valence-electron chi connectivity index (χ1n) is 6.35. The largest absolute Gasteiger partial charge is 0.465 e. The van der Waals surface area contributed by atoms with E-state index >= 15 is 0 Å². The molecule has 2 aromatic rings. The molecule has 0 saturated heterocycles. The minimum absolute atomic E-state index is 0.0734. The molecule has 0 N–H and O–H groups in total. The van der Waals surface area contributed by atoms with Crippen LogP contribution in [0, 0.1) is 0 Å². The lowest BCUT2D eigenvalue weighted by atomic mass is 9.98. The molecule has 0 aromatic heterocycles. The molecule has 92 valence electrons. The minimum Gasteiger partial charge on any atom is -0.465 e. The molecule has 19 heavy (non-hydrogen) atoms. The standard InChI is InChI=1S/C16H13BO2/c17-9-16(18)19-10-15-13-7-3-1-5-11(13)12-6-2-4-8-14(12)15/h1-8,15H,9-10H2. The van der Waals surface area contributed by atoms with Crippen molar-refractivity contribution in [2.24, 2.45) is 0 Å². The van der Waals surface area contributed by atoms with Crippen LogP contribution in [0.25, 0.3) is 11.1 Å². The minimum atomic E-state index is -0.359. The lowest BCUT2D eigenvalue weighted by molar-refractivity contribution is -0.141. The van der Waals surface area contributed by atoms with Crippen LogP contribution in [0.1, 0.15) is 17.0 Å². The van der Waals surface area contributed by atoms with Gasteiger partial charge in [-0.2, -0.15) is 0 Å². The Balaban J connectivity index is 1.98. The summed E-state index contributed by atoms with van der Waals surface area (Å²) in [5.41, 5.74) is 4.89. The van der Waals surface area contributed by atoms with Gasteiger partial charge in [-0.15, -0.1) is 0 Å². The van der Waals surface area contributed by atoms with Crippen molar-refractivity contribution in [2.45, 2.75) is 12.2 Å². The van der Waals surface area contributed by atoms with Gasteiger partial charge in [0.1, 0.15) is 6.61 Å². The second-order valence-corrected chi connectivity index (χ2v) is 4.61. The molecule has 1 aliphatic carbocycles. The van der Waals surface area contributed by atoms with Crippen LogP contribution in [0.2, 0.25) is 6.32 Å². The Kier molecular flexibility index (Phi) is 3.12. The number of rotatable bonds is 3. The van der Waals surface area contributed by atoms with E-state index in [1.54, 1.807) is 0 Å². The van der Waals surface area contributed by atoms with E-state index in [0.29, 0.717) is 6.61 Å². The summed E-state index contributed by atoms with van der Waals surface area (Å²) in [4.78, 5) is 11.2. The van der Waals surface area contributed by atoms with Gasteiger partial charge in [0.2, 0.25) is 0 Å². The van der Waals surface area contributed by atoms with Crippen LogP contribution in [-0.2, 0) is 9.53 Å². The van der Waals surface area contributed by atoms with Gasteiger partial charge in [0.15, 0.2) is 0 Å². The SMILES string of the molecule is [B]CC(=O)OCC1c2ccccc2-c2ccccc21. The van der Waals surface area contributed by atoms with Crippen molar-refractivity contribution in [1.29, 1.82) is 0 Å². The molecule has 2 radical (unpaired) electrons. The van der Waals surface area contributed by atoms with Crippen molar-refractivity contribution >= 4 is 13.8 Å². The maximum Gasteiger partial charge on any atom is 0.297 e. The van der Waals surface area contributed by atoms with Crippen LogP contribution in [0.4, 0.5) is 0 Å². The Hall–Kier alpha value is -2.03. The second-order valence-electron chi connectivity index (χ2n) is 4.61. The van der Waals surface area contributed by atoms with E-state index in [9.17, 15) is 4.79 Å². The lowest BCUT2D eigenvalue weighted by Crippen LogP contribution is -2.11. The number of carbonyl (C=O) groups is 1. The second kappa shape index (κ2) is 4.92. The maximum atomic E-state index is 11.2. The Bertz CT molecular complexity index is 576. The first-order valence-corrected chi connectivity index (χ1v) is 6.35. The van der Waals surface area contributed by atoms with Gasteiger partial charge in [0.25, 0.3) is 5.97 Å². The topological polar surface area (TPSA) is 26.3 Å². The van der Waals surface area contributed by atoms with Gasteiger partial charge >= 0.3 is 0 Å². The smallest absolute Gasteiger partial charge is 0.297 e. The summed E-state index contributed by atoms with van der Waals surface area (Å²) >= 11 is 0. The van der Waals surface area contributed by atoms with Gasteiger partial charge in [0, 0.05) is 12.2 Å². The number of hydrogen-bond donors (Lipinski definition) is 0. The van der Waals surface area contributed by atoms with Crippen LogP contribution >= 0.6 is 0 Å². The fraction of sp³-hybridized carbons (Fsp3) is 0.188. The highest BCUT2D eigenvalue weighted by Crippen LogP contribution is 2.44. The third-order valence-electron chi connectivity index (χ3n) is 3.54. The van der Waals surface area contributed by atoms with Gasteiger partial charge in [0.05, 0.1) is 7.85 Å². The first-order chi connectivity index (χ1) is 9.31. The fourth-order valence-corrected chi connectivity index (χ4v) is 2.67. The monoisotopic (exact) mass is 248 g/mol. The number of benzene rings is 2. The number of fused-ring (bicyclic) bond motifs is 3. The van der Waals surface area contributed by atoms with Crippen LogP contribution in [0.5, 0.6) is 0 Å². The average molecular weight is 248 g/mol. The van der Waals surface area contributed by atoms with Gasteiger partial charge in [-0.1, -0.05) is 48.5 Å². The third-order valence-corrected chi connectivity index (χ3v) is 3.54. The van der Waals surface area contributed by atoms with Crippen molar-refractivity contribution in [2.75, 3.05) is 6.61 Å². The highest BCUT2D eigenvalue weighted by Gasteiger charge is 2.28. The molecular formula is C16H13BO2. The average Bonchev–Trinajstić information content (AvgIpc) is 2.79. The summed E-state index contributed by atoms with van der Waals surface area (Å²) in [6, 6.07) is 16.5. The van der Waals surface area contributed by atoms with Crippen molar-refractivity contribution in [3.05, 3.63) is 59.7 Å². The van der Waals surface area contributed by atoms with Crippen molar-refractivity contribution in [3.63, 3.8) is 0 Å². The van der Waals surface area contributed by atoms with E-state index in [0.717, 1.165) is 0 Å². The predicted molar refractivity (Wildman–Crippen MR) is 75.2 cm³/mol. The van der Waals surface area contributed by atoms with Gasteiger partial charge < -0.3 is 4.74 Å². The van der Waals surface area contributed by atoms with Gasteiger partial charge in [-0.3, -0.25) is 4.79 Å². The number of hydrogen-bond acceptors (Lipinski definition) is 2. The molecule has 0 atom stereocenters. The summed E-state index contributed by atoms with van der Waals surface area (Å²) in [6.45, 7) is 0.351. The Morgan fingerprint density at radius 3 is 2.05 bits per heavy atom. The molecule has 0 fully saturated rings. The molecule has 2 aromatic carbocycles. The highest BCUT2D eigenvalue weighted by atomic mass is 16.5. The Morgan fingerprint density at radius 2 is 1.53 bits per heavy atom. The van der Waals surface area contributed by atoms with Crippen LogP contribution in [-0.4, -0.2) is 20.4 Å². The maximum absolute atomic E-state index is 11.2. The zero-order valence-corrected chi connectivity index (χ0v) is 10.5. The van der Waals surface area contributed by atoms with E-state index in [1.807, 2.05) is 24.3 Å². The molecule has 0 aliphatic heterocycles. The summed E-state index contributed by atoms with van der Waals surface area (Å²) in [5, 5.41) is 0. The molecule has 0 heterocycles. The molecule has 1 aliphatic rings. The molecule has 0 spiro atoms. The Morgan fingerprint density at radius 1 is 1.00 bits per heavy atom. The van der Waals surface area contributed by atoms with E-state index in [1.165, 1.54) is 22.3 Å². The molecular weight excluding hydrogens is 235 g/mol. The number of ether oxygens (including phenoxy) is 1. The van der Waals surface area contributed by atoms with E-state index in [-0.39, 0.29) is 18.2 Å². The number of carbonyl (C=O) groups excluding carboxylic acids is 1. The van der Waals surface area contributed by atoms with Crippen LogP contribution < -0.4 is 0 Å². The Labute approximate surface area is 113 Å². The molecule has 0 saturated carbocycles. The summed E-state index contributed by atoms with van der Waals surface area (Å²) < 4.78 is 5.22. The molecule has 3 heteroatoms. The highest BCUT2D eigenvalue weighted by molar-refractivity contribution is 6.18. The van der Waals surface area contributed by atoms with Crippen molar-refractivity contribution in [3.8, 4) is 11.1 Å². The van der Waals surface area contributed by atoms with E-state index < -0.39 is 0 Å². The normalized spacial score (nSPS) is 12.8. The molecule has 0 unspecified atom stereocenters. The lowest BCUT2D eigenvalue weighted by Gasteiger charge is -2.13. The molecule has 3 rings (SSSR count). The third kappa shape index (κ3) is 2.05. The summed E-state index contributed by atoms with van der Waals surface area (Å²) in [5.74, 6) is -0.246. The molecule has 0 bridgehead atoms. The quantitative estimate of drug-likeness (QED) is 0.616. The van der Waals surface area contributed by atoms with E-state index in [4.69, 9.17) is 12.6 Å². The number of esters is 1. The predicted octanol–water partition coefficient (Wildman–Crippen LogP) is 2.93. The van der Waals surface area contributed by atoms with Gasteiger partial charge in [-0.05, 0) is 22.3 Å². The van der Waals surface area contributed by atoms with Crippen LogP contribution in [0.15, 0.2) is 48.5 Å². The fourth-order valence-electron chi connectivity index (χ4n) is 2.67. The molecule has 2 nitrogen and oxygen atoms in total. The first kappa shape index (κ1) is 12.0. The summed E-state index contributed by atoms with van der Waals surface area (Å²) in [7, 11) is 5.27. The zero-order chi connectivity index (χ0) is 13.2. The zero-order valence-electron chi connectivity index (χ0n) is 10.5. The van der Waals surface area contributed by atoms with Crippen molar-refractivity contribution in [1.82, 2.24) is 0 Å².